The molecule has 0 unspecified atom stereocenters. The van der Waals surface area contributed by atoms with E-state index in [1.165, 1.54) is 0 Å². The highest BCUT2D eigenvalue weighted by Crippen LogP contribution is 2.36. The Bertz CT molecular complexity index is 204. The van der Waals surface area contributed by atoms with Crippen LogP contribution >= 0.6 is 0 Å². The van der Waals surface area contributed by atoms with Gasteiger partial charge in [-0.2, -0.15) is 0 Å². The van der Waals surface area contributed by atoms with Crippen molar-refractivity contribution < 1.29 is 5.11 Å². The summed E-state index contributed by atoms with van der Waals surface area (Å²) in [5, 5.41) is 9.58. The third-order valence-electron chi connectivity index (χ3n) is 2.82. The molecule has 0 saturated carbocycles. The van der Waals surface area contributed by atoms with Crippen molar-refractivity contribution in [3.05, 3.63) is 11.8 Å². The van der Waals surface area contributed by atoms with Gasteiger partial charge in [0.15, 0.2) is 0 Å². The normalized spacial score (nSPS) is 28.6. The smallest absolute Gasteiger partial charge is 0.110 e. The third kappa shape index (κ3) is 1.06. The molecular formula is C9H17NO. The molecule has 0 bridgehead atoms. The molecule has 11 heavy (non-hydrogen) atoms. The second-order valence-electron chi connectivity index (χ2n) is 4.30. The zero-order valence-electron chi connectivity index (χ0n) is 7.97. The molecule has 0 atom stereocenters. The van der Waals surface area contributed by atoms with Crippen molar-refractivity contribution in [2.45, 2.75) is 38.8 Å². The van der Waals surface area contributed by atoms with Crippen LogP contribution in [-0.4, -0.2) is 28.1 Å². The molecule has 0 radical (unpaired) electrons. The van der Waals surface area contributed by atoms with Crippen molar-refractivity contribution in [2.24, 2.45) is 0 Å². The van der Waals surface area contributed by atoms with Gasteiger partial charge < -0.3 is 5.11 Å². The maximum atomic E-state index is 9.58. The van der Waals surface area contributed by atoms with E-state index < -0.39 is 0 Å². The molecule has 64 valence electrons. The van der Waals surface area contributed by atoms with Gasteiger partial charge in [-0.25, -0.2) is 0 Å². The second kappa shape index (κ2) is 2.01. The van der Waals surface area contributed by atoms with Crippen molar-refractivity contribution in [1.29, 1.82) is 0 Å². The molecule has 0 saturated heterocycles. The highest BCUT2D eigenvalue weighted by atomic mass is 16.3. The van der Waals surface area contributed by atoms with Gasteiger partial charge in [0.25, 0.3) is 0 Å². The topological polar surface area (TPSA) is 23.5 Å². The monoisotopic (exact) mass is 155 g/mol. The second-order valence-corrected chi connectivity index (χ2v) is 4.30. The van der Waals surface area contributed by atoms with Gasteiger partial charge in [-0.15, -0.1) is 0 Å². The predicted molar refractivity (Wildman–Crippen MR) is 46.6 cm³/mol. The molecule has 1 aliphatic heterocycles. The van der Waals surface area contributed by atoms with Crippen LogP contribution in [0, 0.1) is 0 Å². The number of hydrogen-bond donors (Lipinski definition) is 1. The van der Waals surface area contributed by atoms with Crippen LogP contribution in [0.15, 0.2) is 11.8 Å². The molecule has 0 aromatic rings. The van der Waals surface area contributed by atoms with Crippen molar-refractivity contribution in [3.8, 4) is 0 Å². The van der Waals surface area contributed by atoms with Crippen molar-refractivity contribution in [1.82, 2.24) is 4.90 Å². The summed E-state index contributed by atoms with van der Waals surface area (Å²) in [5.74, 6) is 0.477. The summed E-state index contributed by atoms with van der Waals surface area (Å²) < 4.78 is 0. The lowest BCUT2D eigenvalue weighted by atomic mass is 10.0. The molecule has 0 amide bonds. The Hall–Kier alpha value is -0.500. The zero-order chi connectivity index (χ0) is 8.86. The van der Waals surface area contributed by atoms with Gasteiger partial charge in [0.2, 0.25) is 0 Å². The average molecular weight is 155 g/mol. The van der Waals surface area contributed by atoms with Gasteiger partial charge >= 0.3 is 0 Å². The largest absolute Gasteiger partial charge is 0.511 e. The van der Waals surface area contributed by atoms with Crippen molar-refractivity contribution >= 4 is 0 Å². The fourth-order valence-corrected chi connectivity index (χ4v) is 1.50. The van der Waals surface area contributed by atoms with E-state index in [2.05, 4.69) is 18.7 Å². The van der Waals surface area contributed by atoms with Crippen LogP contribution in [0.5, 0.6) is 0 Å². The lowest BCUT2D eigenvalue weighted by Crippen LogP contribution is -2.47. The average Bonchev–Trinajstić information content (AvgIpc) is 1.94. The van der Waals surface area contributed by atoms with Gasteiger partial charge in [-0.1, -0.05) is 0 Å². The predicted octanol–water partition coefficient (Wildman–Crippen LogP) is 1.93. The first-order chi connectivity index (χ1) is 4.78. The van der Waals surface area contributed by atoms with E-state index in [1.54, 1.807) is 0 Å². The van der Waals surface area contributed by atoms with Crippen molar-refractivity contribution in [2.75, 3.05) is 7.05 Å². The molecule has 0 aromatic heterocycles. The van der Waals surface area contributed by atoms with E-state index in [0.29, 0.717) is 5.76 Å². The van der Waals surface area contributed by atoms with E-state index in [-0.39, 0.29) is 11.1 Å². The summed E-state index contributed by atoms with van der Waals surface area (Å²) in [6, 6.07) is 0. The van der Waals surface area contributed by atoms with Gasteiger partial charge in [0.05, 0.1) is 5.54 Å². The van der Waals surface area contributed by atoms with Crippen LogP contribution in [0.25, 0.3) is 0 Å². The standard InChI is InChI=1S/C9H17NO/c1-8(2)6-7(11)9(3,4)10(8)5/h6,11H,1-5H3. The Kier molecular flexibility index (Phi) is 1.57. The van der Waals surface area contributed by atoms with Gasteiger partial charge in [-0.05, 0) is 40.8 Å². The van der Waals surface area contributed by atoms with Crippen LogP contribution < -0.4 is 0 Å². The summed E-state index contributed by atoms with van der Waals surface area (Å²) in [6.07, 6.45) is 1.91. The fraction of sp³-hybridized carbons (Fsp3) is 0.778. The van der Waals surface area contributed by atoms with E-state index in [4.69, 9.17) is 0 Å². The maximum absolute atomic E-state index is 9.58. The quantitative estimate of drug-likeness (QED) is 0.577. The summed E-state index contributed by atoms with van der Waals surface area (Å²) in [4.78, 5) is 2.16. The van der Waals surface area contributed by atoms with Crippen LogP contribution in [0.2, 0.25) is 0 Å². The first-order valence-electron chi connectivity index (χ1n) is 3.95. The number of aliphatic hydroxyl groups is 1. The summed E-state index contributed by atoms with van der Waals surface area (Å²) in [5.41, 5.74) is -0.225. The molecular weight excluding hydrogens is 138 g/mol. The van der Waals surface area contributed by atoms with Crippen LogP contribution in [0.3, 0.4) is 0 Å². The van der Waals surface area contributed by atoms with Gasteiger partial charge in [0, 0.05) is 5.54 Å². The molecule has 0 spiro atoms. The number of hydrogen-bond acceptors (Lipinski definition) is 2. The van der Waals surface area contributed by atoms with Crippen LogP contribution in [0.1, 0.15) is 27.7 Å². The minimum absolute atomic E-state index is 0.0203. The Morgan fingerprint density at radius 3 is 1.82 bits per heavy atom. The number of likely N-dealkylation sites (N-methyl/N-ethyl adjacent to an activating group) is 1. The Morgan fingerprint density at radius 2 is 1.73 bits per heavy atom. The molecule has 1 heterocycles. The Morgan fingerprint density at radius 1 is 1.27 bits per heavy atom. The van der Waals surface area contributed by atoms with E-state index in [9.17, 15) is 5.11 Å². The lowest BCUT2D eigenvalue weighted by Gasteiger charge is -2.37. The third-order valence-corrected chi connectivity index (χ3v) is 2.82. The van der Waals surface area contributed by atoms with Gasteiger partial charge in [0.1, 0.15) is 5.76 Å². The fourth-order valence-electron chi connectivity index (χ4n) is 1.50. The SMILES string of the molecule is CN1C(C)(C)C=C(O)C1(C)C. The Labute approximate surface area is 68.5 Å². The summed E-state index contributed by atoms with van der Waals surface area (Å²) in [6.45, 7) is 8.23. The minimum Gasteiger partial charge on any atom is -0.511 e. The summed E-state index contributed by atoms with van der Waals surface area (Å²) in [7, 11) is 2.03. The Balaban J connectivity index is 3.04. The van der Waals surface area contributed by atoms with Crippen LogP contribution in [-0.2, 0) is 0 Å². The number of nitrogens with zero attached hydrogens (tertiary/aromatic N) is 1. The van der Waals surface area contributed by atoms with Crippen molar-refractivity contribution in [3.63, 3.8) is 0 Å². The highest BCUT2D eigenvalue weighted by molar-refractivity contribution is 5.25. The molecule has 1 rings (SSSR count). The molecule has 0 fully saturated rings. The van der Waals surface area contributed by atoms with E-state index >= 15 is 0 Å². The first kappa shape index (κ1) is 8.60. The van der Waals surface area contributed by atoms with E-state index in [0.717, 1.165) is 0 Å². The first-order valence-corrected chi connectivity index (χ1v) is 3.95. The van der Waals surface area contributed by atoms with Crippen LogP contribution in [0.4, 0.5) is 0 Å². The summed E-state index contributed by atoms with van der Waals surface area (Å²) >= 11 is 0. The maximum Gasteiger partial charge on any atom is 0.110 e. The molecule has 0 aliphatic carbocycles. The molecule has 1 N–H and O–H groups in total. The minimum atomic E-state index is -0.205. The highest BCUT2D eigenvalue weighted by Gasteiger charge is 2.43. The molecule has 1 aliphatic rings. The number of aliphatic hydroxyl groups excluding tert-OH is 1. The lowest BCUT2D eigenvalue weighted by molar-refractivity contribution is 0.104. The number of rotatable bonds is 0. The molecule has 2 heteroatoms. The van der Waals surface area contributed by atoms with E-state index in [1.807, 2.05) is 27.0 Å². The van der Waals surface area contributed by atoms with Gasteiger partial charge in [-0.3, -0.25) is 4.90 Å². The molecule has 0 aromatic carbocycles. The zero-order valence-corrected chi connectivity index (χ0v) is 7.97. The molecule has 2 nitrogen and oxygen atoms in total.